The molecule has 4 N–H and O–H groups in total. The Morgan fingerprint density at radius 1 is 1.25 bits per heavy atom. The number of halogens is 5. The Balaban J connectivity index is 1.68. The van der Waals surface area contributed by atoms with Crippen LogP contribution in [0, 0.1) is 5.92 Å². The van der Waals surface area contributed by atoms with Gasteiger partial charge in [0.25, 0.3) is 10.2 Å². The molecule has 188 valence electrons. The Morgan fingerprint density at radius 3 is 2.41 bits per heavy atom. The van der Waals surface area contributed by atoms with Crippen molar-refractivity contribution < 1.29 is 40.9 Å². The van der Waals surface area contributed by atoms with Crippen molar-refractivity contribution in [2.45, 2.75) is 93.9 Å². The molecule has 3 rings (SSSR count). The number of nitrogens with zero attached hydrogens (tertiary/aromatic N) is 2. The average Bonchev–Trinajstić information content (AvgIpc) is 3.39. The summed E-state index contributed by atoms with van der Waals surface area (Å²) in [6, 6.07) is -3.57. The molecule has 1 saturated carbocycles. The van der Waals surface area contributed by atoms with E-state index in [1.165, 1.54) is 7.05 Å². The smallest absolute Gasteiger partial charge is 0.378 e. The molecule has 15 heteroatoms. The van der Waals surface area contributed by atoms with Crippen LogP contribution in [0.15, 0.2) is 0 Å². The minimum absolute atomic E-state index is 0.0509. The van der Waals surface area contributed by atoms with E-state index >= 15 is 0 Å². The average molecular weight is 513 g/mol. The van der Waals surface area contributed by atoms with Gasteiger partial charge in [-0.3, -0.25) is 5.32 Å². The summed E-state index contributed by atoms with van der Waals surface area (Å²) >= 11 is 6.31. The first kappa shape index (κ1) is 26.3. The molecule has 9 atom stereocenters. The molecule has 0 amide bonds. The third kappa shape index (κ3) is 5.49. The molecule has 2 heterocycles. The summed E-state index contributed by atoms with van der Waals surface area (Å²) in [4.78, 5) is 0.872. The molecule has 9 nitrogen and oxygen atoms in total. The zero-order valence-corrected chi connectivity index (χ0v) is 19.3. The molecule has 1 aliphatic carbocycles. The Hall–Kier alpha value is -0.320. The van der Waals surface area contributed by atoms with Gasteiger partial charge in [-0.05, 0) is 26.7 Å². The standard InChI is InChI=1S/C17H29ClF4N4O5S/c1-7(2)25(3)32(29,30)24-15-14(31-15)8-4-11(10(19)5-9(8)18)26-13(27)6-12(17(20,21)22)23-16(26)28/h7-16,23-24,27-28H,4-6H2,1-3H3. The largest absolute Gasteiger partial charge is 0.404 e. The van der Waals surface area contributed by atoms with Crippen molar-refractivity contribution in [3.05, 3.63) is 0 Å². The summed E-state index contributed by atoms with van der Waals surface area (Å²) in [7, 11) is -2.43. The third-order valence-corrected chi connectivity index (χ3v) is 8.58. The van der Waals surface area contributed by atoms with Crippen LogP contribution in [-0.4, -0.2) is 95.6 Å². The number of epoxide rings is 1. The monoisotopic (exact) mass is 512 g/mol. The van der Waals surface area contributed by atoms with Crippen LogP contribution >= 0.6 is 11.6 Å². The van der Waals surface area contributed by atoms with Crippen LogP contribution in [0.25, 0.3) is 0 Å². The molecule has 0 bridgehead atoms. The first-order valence-electron chi connectivity index (χ1n) is 10.3. The molecule has 9 unspecified atom stereocenters. The SMILES string of the molecule is CC(C)N(C)S(=O)(=O)NC1OC1C1CC(N2C(O)CC(C(F)(F)F)NC2O)C(F)CC1Cl. The maximum absolute atomic E-state index is 14.8. The predicted octanol–water partition coefficient (Wildman–Crippen LogP) is 0.431. The lowest BCUT2D eigenvalue weighted by Crippen LogP contribution is -2.68. The second-order valence-electron chi connectivity index (χ2n) is 8.79. The van der Waals surface area contributed by atoms with E-state index in [9.17, 15) is 36.2 Å². The van der Waals surface area contributed by atoms with Gasteiger partial charge in [0.05, 0.1) is 0 Å². The lowest BCUT2D eigenvalue weighted by Gasteiger charge is -2.49. The first-order valence-corrected chi connectivity index (χ1v) is 12.2. The van der Waals surface area contributed by atoms with E-state index < -0.39 is 77.3 Å². The summed E-state index contributed by atoms with van der Waals surface area (Å²) in [6.45, 7) is 3.39. The van der Waals surface area contributed by atoms with E-state index in [0.29, 0.717) is 0 Å². The highest BCUT2D eigenvalue weighted by Gasteiger charge is 2.56. The second kappa shape index (κ2) is 9.38. The van der Waals surface area contributed by atoms with E-state index in [-0.39, 0.29) is 18.9 Å². The van der Waals surface area contributed by atoms with E-state index in [2.05, 4.69) is 4.72 Å². The Morgan fingerprint density at radius 2 is 1.88 bits per heavy atom. The lowest BCUT2D eigenvalue weighted by molar-refractivity contribution is -0.239. The van der Waals surface area contributed by atoms with Crippen molar-refractivity contribution in [3.8, 4) is 0 Å². The molecule has 0 aromatic carbocycles. The third-order valence-electron chi connectivity index (χ3n) is 6.37. The number of aliphatic hydroxyl groups is 2. The van der Waals surface area contributed by atoms with Gasteiger partial charge in [0.15, 0.2) is 6.35 Å². The molecule has 0 aromatic rings. The summed E-state index contributed by atoms with van der Waals surface area (Å²) in [5.74, 6) is -0.550. The minimum Gasteiger partial charge on any atom is -0.378 e. The van der Waals surface area contributed by atoms with Gasteiger partial charge >= 0.3 is 6.18 Å². The van der Waals surface area contributed by atoms with Crippen LogP contribution in [0.4, 0.5) is 17.6 Å². The number of hydrogen-bond acceptors (Lipinski definition) is 7. The van der Waals surface area contributed by atoms with Crippen LogP contribution in [0.2, 0.25) is 0 Å². The molecule has 3 aliphatic rings. The highest BCUT2D eigenvalue weighted by atomic mass is 35.5. The zero-order valence-electron chi connectivity index (χ0n) is 17.7. The molecule has 0 radical (unpaired) electrons. The van der Waals surface area contributed by atoms with E-state index in [1.807, 2.05) is 5.32 Å². The number of alkyl halides is 5. The molecule has 0 aromatic heterocycles. The van der Waals surface area contributed by atoms with Gasteiger partial charge < -0.3 is 14.9 Å². The highest BCUT2D eigenvalue weighted by molar-refractivity contribution is 7.87. The number of ether oxygens (including phenoxy) is 1. The van der Waals surface area contributed by atoms with Crippen molar-refractivity contribution in [3.63, 3.8) is 0 Å². The summed E-state index contributed by atoms with van der Waals surface area (Å²) in [5, 5.41) is 21.7. The fraction of sp³-hybridized carbons (Fsp3) is 1.00. The van der Waals surface area contributed by atoms with Crippen molar-refractivity contribution in [2.75, 3.05) is 7.05 Å². The van der Waals surface area contributed by atoms with Crippen LogP contribution in [0.5, 0.6) is 0 Å². The number of nitrogens with one attached hydrogen (secondary N) is 2. The van der Waals surface area contributed by atoms with Gasteiger partial charge in [0.1, 0.15) is 30.8 Å². The summed E-state index contributed by atoms with van der Waals surface area (Å²) in [5.41, 5.74) is 0. The molecular weight excluding hydrogens is 484 g/mol. The number of rotatable bonds is 6. The van der Waals surface area contributed by atoms with Crippen LogP contribution < -0.4 is 10.0 Å². The van der Waals surface area contributed by atoms with Crippen molar-refractivity contribution in [1.29, 1.82) is 0 Å². The van der Waals surface area contributed by atoms with Gasteiger partial charge in [-0.15, -0.1) is 11.6 Å². The molecule has 2 aliphatic heterocycles. The van der Waals surface area contributed by atoms with Gasteiger partial charge in [-0.2, -0.15) is 30.6 Å². The second-order valence-corrected chi connectivity index (χ2v) is 11.1. The van der Waals surface area contributed by atoms with E-state index in [1.54, 1.807) is 13.8 Å². The van der Waals surface area contributed by atoms with Gasteiger partial charge in [-0.1, -0.05) is 0 Å². The molecule has 3 fully saturated rings. The molecule has 32 heavy (non-hydrogen) atoms. The quantitative estimate of drug-likeness (QED) is 0.232. The molecular formula is C17H29ClF4N4O5S. The first-order chi connectivity index (χ1) is 14.6. The summed E-state index contributed by atoms with van der Waals surface area (Å²) in [6.07, 6.45) is -12.5. The van der Waals surface area contributed by atoms with Gasteiger partial charge in [0, 0.05) is 36.8 Å². The minimum atomic E-state index is -4.69. The van der Waals surface area contributed by atoms with Gasteiger partial charge in [0.2, 0.25) is 0 Å². The van der Waals surface area contributed by atoms with E-state index in [0.717, 1.165) is 9.21 Å². The Bertz CT molecular complexity index is 767. The zero-order chi connectivity index (χ0) is 24.2. The Labute approximate surface area is 189 Å². The highest BCUT2D eigenvalue weighted by Crippen LogP contribution is 2.44. The van der Waals surface area contributed by atoms with Crippen molar-refractivity contribution >= 4 is 21.8 Å². The normalized spacial score (nSPS) is 41.9. The maximum Gasteiger partial charge on any atom is 0.404 e. The van der Waals surface area contributed by atoms with Crippen LogP contribution in [0.3, 0.4) is 0 Å². The Kier molecular flexibility index (Phi) is 7.70. The number of aliphatic hydroxyl groups excluding tert-OH is 2. The van der Waals surface area contributed by atoms with Gasteiger partial charge in [-0.25, -0.2) is 9.29 Å². The number of hydrogen-bond donors (Lipinski definition) is 4. The fourth-order valence-electron chi connectivity index (χ4n) is 4.28. The van der Waals surface area contributed by atoms with E-state index in [4.69, 9.17) is 16.3 Å². The fourth-order valence-corrected chi connectivity index (χ4v) is 5.90. The summed E-state index contributed by atoms with van der Waals surface area (Å²) < 4.78 is 87.4. The van der Waals surface area contributed by atoms with Crippen LogP contribution in [0.1, 0.15) is 33.1 Å². The van der Waals surface area contributed by atoms with Crippen LogP contribution in [-0.2, 0) is 14.9 Å². The van der Waals surface area contributed by atoms with Crippen molar-refractivity contribution in [1.82, 2.24) is 19.2 Å². The maximum atomic E-state index is 14.8. The predicted molar refractivity (Wildman–Crippen MR) is 106 cm³/mol. The lowest BCUT2D eigenvalue weighted by atomic mass is 9.80. The topological polar surface area (TPSA) is 118 Å². The molecule has 0 spiro atoms. The molecule has 2 saturated heterocycles. The van der Waals surface area contributed by atoms with Crippen molar-refractivity contribution in [2.24, 2.45) is 5.92 Å².